The summed E-state index contributed by atoms with van der Waals surface area (Å²) >= 11 is 5.08. The number of hydrogen-bond acceptors (Lipinski definition) is 3. The Balaban J connectivity index is 1.99. The molecule has 2 aromatic rings. The Labute approximate surface area is 119 Å². The maximum Gasteiger partial charge on any atom is 0.0883 e. The van der Waals surface area contributed by atoms with Crippen LogP contribution in [0.25, 0.3) is 0 Å². The topological polar surface area (TPSA) is 46.2 Å². The largest absolute Gasteiger partial charge is 0.399 e. The van der Waals surface area contributed by atoms with Gasteiger partial charge in [0.05, 0.1) is 6.10 Å². The van der Waals surface area contributed by atoms with Crippen molar-refractivity contribution in [2.45, 2.75) is 11.0 Å². The molecule has 94 valence electrons. The number of aliphatic hydroxyl groups excluding tert-OH is 1. The number of thioether (sulfide) groups is 1. The molecule has 3 N–H and O–H groups in total. The summed E-state index contributed by atoms with van der Waals surface area (Å²) in [6.45, 7) is 0. The first-order valence-corrected chi connectivity index (χ1v) is 7.35. The molecular formula is C14H14BrNOS. The lowest BCUT2D eigenvalue weighted by Crippen LogP contribution is -2.00. The van der Waals surface area contributed by atoms with E-state index in [0.29, 0.717) is 5.75 Å². The minimum absolute atomic E-state index is 0.458. The summed E-state index contributed by atoms with van der Waals surface area (Å²) in [6.07, 6.45) is -0.458. The van der Waals surface area contributed by atoms with Crippen molar-refractivity contribution in [2.75, 3.05) is 11.5 Å². The molecule has 0 bridgehead atoms. The lowest BCUT2D eigenvalue weighted by molar-refractivity contribution is 0.204. The van der Waals surface area contributed by atoms with E-state index in [-0.39, 0.29) is 0 Å². The molecule has 2 aromatic carbocycles. The van der Waals surface area contributed by atoms with Crippen LogP contribution in [0.2, 0.25) is 0 Å². The van der Waals surface area contributed by atoms with E-state index in [1.807, 2.05) is 48.5 Å². The smallest absolute Gasteiger partial charge is 0.0883 e. The van der Waals surface area contributed by atoms with Gasteiger partial charge in [-0.25, -0.2) is 0 Å². The van der Waals surface area contributed by atoms with Crippen LogP contribution in [0, 0.1) is 0 Å². The first-order chi connectivity index (χ1) is 8.66. The first kappa shape index (κ1) is 13.5. The van der Waals surface area contributed by atoms with Gasteiger partial charge >= 0.3 is 0 Å². The van der Waals surface area contributed by atoms with Crippen molar-refractivity contribution in [3.63, 3.8) is 0 Å². The predicted octanol–water partition coefficient (Wildman–Crippen LogP) is 3.86. The Bertz CT molecular complexity index is 518. The third-order valence-corrected chi connectivity index (χ3v) is 4.60. The van der Waals surface area contributed by atoms with Crippen LogP contribution in [-0.2, 0) is 0 Å². The van der Waals surface area contributed by atoms with Crippen LogP contribution in [-0.4, -0.2) is 10.9 Å². The average Bonchev–Trinajstić information content (AvgIpc) is 2.38. The Kier molecular flexibility index (Phi) is 4.69. The fourth-order valence-corrected chi connectivity index (χ4v) is 3.21. The second-order valence-corrected chi connectivity index (χ2v) is 5.84. The first-order valence-electron chi connectivity index (χ1n) is 5.57. The number of rotatable bonds is 4. The summed E-state index contributed by atoms with van der Waals surface area (Å²) in [4.78, 5) is 1.08. The SMILES string of the molecule is Nc1ccc(SCC(O)c2ccccc2)c(Br)c1. The summed E-state index contributed by atoms with van der Waals surface area (Å²) < 4.78 is 0.966. The van der Waals surface area contributed by atoms with E-state index in [1.165, 1.54) is 0 Å². The van der Waals surface area contributed by atoms with Crippen molar-refractivity contribution in [3.8, 4) is 0 Å². The maximum absolute atomic E-state index is 10.1. The van der Waals surface area contributed by atoms with Gasteiger partial charge in [-0.2, -0.15) is 0 Å². The van der Waals surface area contributed by atoms with Crippen LogP contribution in [0.3, 0.4) is 0 Å². The van der Waals surface area contributed by atoms with Crippen LogP contribution >= 0.6 is 27.7 Å². The monoisotopic (exact) mass is 323 g/mol. The molecule has 0 spiro atoms. The molecule has 0 aliphatic heterocycles. The molecule has 0 saturated heterocycles. The van der Waals surface area contributed by atoms with E-state index >= 15 is 0 Å². The zero-order valence-electron chi connectivity index (χ0n) is 9.71. The van der Waals surface area contributed by atoms with Crippen molar-refractivity contribution >= 4 is 33.4 Å². The molecule has 0 saturated carbocycles. The molecule has 2 nitrogen and oxygen atoms in total. The third kappa shape index (κ3) is 3.51. The van der Waals surface area contributed by atoms with Crippen LogP contribution in [0.4, 0.5) is 5.69 Å². The molecule has 0 fully saturated rings. The van der Waals surface area contributed by atoms with Gasteiger partial charge in [0.2, 0.25) is 0 Å². The quantitative estimate of drug-likeness (QED) is 0.663. The Hall–Kier alpha value is -0.970. The number of halogens is 1. The summed E-state index contributed by atoms with van der Waals surface area (Å²) in [7, 11) is 0. The highest BCUT2D eigenvalue weighted by atomic mass is 79.9. The van der Waals surface area contributed by atoms with Crippen LogP contribution in [0.15, 0.2) is 57.9 Å². The zero-order chi connectivity index (χ0) is 13.0. The van der Waals surface area contributed by atoms with Gasteiger partial charge in [-0.05, 0) is 39.7 Å². The molecular weight excluding hydrogens is 310 g/mol. The lowest BCUT2D eigenvalue weighted by Gasteiger charge is -2.11. The highest BCUT2D eigenvalue weighted by molar-refractivity contribution is 9.10. The standard InChI is InChI=1S/C14H14BrNOS/c15-12-8-11(16)6-7-14(12)18-9-13(17)10-4-2-1-3-5-10/h1-8,13,17H,9,16H2. The fraction of sp³-hybridized carbons (Fsp3) is 0.143. The highest BCUT2D eigenvalue weighted by Gasteiger charge is 2.09. The zero-order valence-corrected chi connectivity index (χ0v) is 12.1. The second-order valence-electron chi connectivity index (χ2n) is 3.93. The lowest BCUT2D eigenvalue weighted by atomic mass is 10.1. The second kappa shape index (κ2) is 6.27. The Morgan fingerprint density at radius 2 is 1.89 bits per heavy atom. The van der Waals surface area contributed by atoms with E-state index < -0.39 is 6.10 Å². The number of anilines is 1. The summed E-state index contributed by atoms with van der Waals surface area (Å²) in [6, 6.07) is 15.4. The number of nitrogen functional groups attached to an aromatic ring is 1. The average molecular weight is 324 g/mol. The van der Waals surface area contributed by atoms with E-state index in [1.54, 1.807) is 11.8 Å². The minimum Gasteiger partial charge on any atom is -0.399 e. The molecule has 0 amide bonds. The van der Waals surface area contributed by atoms with Crippen molar-refractivity contribution < 1.29 is 5.11 Å². The highest BCUT2D eigenvalue weighted by Crippen LogP contribution is 2.31. The number of nitrogens with two attached hydrogens (primary N) is 1. The van der Waals surface area contributed by atoms with E-state index in [2.05, 4.69) is 15.9 Å². The van der Waals surface area contributed by atoms with Gasteiger partial charge in [-0.3, -0.25) is 0 Å². The summed E-state index contributed by atoms with van der Waals surface area (Å²) in [5, 5.41) is 10.1. The van der Waals surface area contributed by atoms with Crippen molar-refractivity contribution in [1.29, 1.82) is 0 Å². The summed E-state index contributed by atoms with van der Waals surface area (Å²) in [5.74, 6) is 0.618. The van der Waals surface area contributed by atoms with Gasteiger partial charge in [0.25, 0.3) is 0 Å². The molecule has 1 unspecified atom stereocenters. The molecule has 2 rings (SSSR count). The molecule has 1 atom stereocenters. The van der Waals surface area contributed by atoms with Gasteiger partial charge in [0.1, 0.15) is 0 Å². The third-order valence-electron chi connectivity index (χ3n) is 2.54. The summed E-state index contributed by atoms with van der Waals surface area (Å²) in [5.41, 5.74) is 7.36. The fourth-order valence-electron chi connectivity index (χ4n) is 1.57. The van der Waals surface area contributed by atoms with E-state index in [4.69, 9.17) is 5.73 Å². The van der Waals surface area contributed by atoms with Crippen molar-refractivity contribution in [2.24, 2.45) is 0 Å². The minimum atomic E-state index is -0.458. The van der Waals surface area contributed by atoms with Crippen LogP contribution in [0.5, 0.6) is 0 Å². The Morgan fingerprint density at radius 3 is 2.56 bits per heavy atom. The molecule has 0 heterocycles. The van der Waals surface area contributed by atoms with E-state index in [0.717, 1.165) is 20.6 Å². The van der Waals surface area contributed by atoms with Crippen LogP contribution < -0.4 is 5.73 Å². The van der Waals surface area contributed by atoms with E-state index in [9.17, 15) is 5.11 Å². The predicted molar refractivity (Wildman–Crippen MR) is 80.7 cm³/mol. The van der Waals surface area contributed by atoms with Gasteiger partial charge in [-0.15, -0.1) is 11.8 Å². The number of hydrogen-bond donors (Lipinski definition) is 2. The van der Waals surface area contributed by atoms with Crippen molar-refractivity contribution in [1.82, 2.24) is 0 Å². The van der Waals surface area contributed by atoms with Gasteiger partial charge in [0, 0.05) is 20.8 Å². The molecule has 4 heteroatoms. The molecule has 0 aliphatic rings. The molecule has 18 heavy (non-hydrogen) atoms. The van der Waals surface area contributed by atoms with Gasteiger partial charge < -0.3 is 10.8 Å². The van der Waals surface area contributed by atoms with Crippen molar-refractivity contribution in [3.05, 3.63) is 58.6 Å². The number of aliphatic hydroxyl groups is 1. The number of benzene rings is 2. The Morgan fingerprint density at radius 1 is 1.17 bits per heavy atom. The molecule has 0 aliphatic carbocycles. The molecule has 0 radical (unpaired) electrons. The normalized spacial score (nSPS) is 12.3. The van der Waals surface area contributed by atoms with Gasteiger partial charge in [0.15, 0.2) is 0 Å². The molecule has 0 aromatic heterocycles. The maximum atomic E-state index is 10.1. The van der Waals surface area contributed by atoms with Gasteiger partial charge in [-0.1, -0.05) is 30.3 Å². The van der Waals surface area contributed by atoms with Crippen LogP contribution in [0.1, 0.15) is 11.7 Å².